The molecule has 0 aliphatic rings. The molecule has 0 atom stereocenters. The van der Waals surface area contributed by atoms with Gasteiger partial charge < -0.3 is 4.74 Å². The second-order valence-electron chi connectivity index (χ2n) is 5.24. The van der Waals surface area contributed by atoms with Gasteiger partial charge in [-0.15, -0.1) is 0 Å². The summed E-state index contributed by atoms with van der Waals surface area (Å²) in [5, 5.41) is 11.0. The molecule has 3 rings (SSSR count). The van der Waals surface area contributed by atoms with Crippen molar-refractivity contribution in [2.75, 3.05) is 0 Å². The Morgan fingerprint density at radius 1 is 1.32 bits per heavy atom. The molecule has 0 saturated heterocycles. The van der Waals surface area contributed by atoms with Gasteiger partial charge in [-0.1, -0.05) is 12.1 Å². The average molecular weight is 421 g/mol. The van der Waals surface area contributed by atoms with Gasteiger partial charge in [0.15, 0.2) is 0 Å². The molecule has 1 N–H and O–H groups in total. The summed E-state index contributed by atoms with van der Waals surface area (Å²) in [4.78, 5) is 0. The third-order valence-corrected chi connectivity index (χ3v) is 4.28. The van der Waals surface area contributed by atoms with Crippen molar-refractivity contribution in [2.24, 2.45) is 5.10 Å². The first-order valence-corrected chi connectivity index (χ1v) is 8.58. The van der Waals surface area contributed by atoms with E-state index in [1.54, 1.807) is 23.0 Å². The lowest BCUT2D eigenvalue weighted by Gasteiger charge is -2.09. The normalized spacial score (nSPS) is 11.2. The van der Waals surface area contributed by atoms with Crippen molar-refractivity contribution >= 4 is 34.4 Å². The lowest BCUT2D eigenvalue weighted by atomic mass is 10.2. The molecule has 0 aliphatic carbocycles. The Kier molecular flexibility index (Phi) is 5.40. The first-order chi connectivity index (χ1) is 12.0. The topological polar surface area (TPSA) is 55.2 Å². The van der Waals surface area contributed by atoms with E-state index in [-0.39, 0.29) is 5.82 Å². The number of halogens is 2. The van der Waals surface area contributed by atoms with Gasteiger partial charge in [-0.25, -0.2) is 4.39 Å². The van der Waals surface area contributed by atoms with Gasteiger partial charge in [0, 0.05) is 0 Å². The summed E-state index contributed by atoms with van der Waals surface area (Å²) in [6.07, 6.45) is 1.69. The summed E-state index contributed by atoms with van der Waals surface area (Å²) in [5.74, 6) is 1.11. The van der Waals surface area contributed by atoms with Crippen molar-refractivity contribution in [2.45, 2.75) is 13.5 Å². The van der Waals surface area contributed by atoms with Gasteiger partial charge in [0.05, 0.1) is 10.7 Å². The maximum atomic E-state index is 12.9. The van der Waals surface area contributed by atoms with Crippen LogP contribution in [0, 0.1) is 17.5 Å². The van der Waals surface area contributed by atoms with Crippen LogP contribution in [0.4, 0.5) is 4.39 Å². The van der Waals surface area contributed by atoms with Crippen LogP contribution in [-0.2, 0) is 6.61 Å². The highest BCUT2D eigenvalue weighted by Crippen LogP contribution is 2.26. The SMILES string of the molecule is Cc1n[nH]c(=S)n1/N=C\c1ccc(OCc2ccc(F)cc2)c(Br)c1. The predicted molar refractivity (Wildman–Crippen MR) is 100 cm³/mol. The number of nitrogens with one attached hydrogen (secondary N) is 1. The number of ether oxygens (including phenoxy) is 1. The second-order valence-corrected chi connectivity index (χ2v) is 6.48. The van der Waals surface area contributed by atoms with Gasteiger partial charge in [-0.2, -0.15) is 14.9 Å². The van der Waals surface area contributed by atoms with E-state index < -0.39 is 0 Å². The monoisotopic (exact) mass is 420 g/mol. The van der Waals surface area contributed by atoms with E-state index in [2.05, 4.69) is 31.2 Å². The molecule has 25 heavy (non-hydrogen) atoms. The van der Waals surface area contributed by atoms with Crippen molar-refractivity contribution in [3.63, 3.8) is 0 Å². The summed E-state index contributed by atoms with van der Waals surface area (Å²) >= 11 is 8.59. The number of benzene rings is 2. The fraction of sp³-hybridized carbons (Fsp3) is 0.118. The lowest BCUT2D eigenvalue weighted by Crippen LogP contribution is -1.97. The largest absolute Gasteiger partial charge is 0.488 e. The minimum absolute atomic E-state index is 0.262. The van der Waals surface area contributed by atoms with Crippen LogP contribution >= 0.6 is 28.1 Å². The van der Waals surface area contributed by atoms with Gasteiger partial charge in [-0.05, 0) is 76.5 Å². The van der Waals surface area contributed by atoms with Crippen molar-refractivity contribution in [3.05, 3.63) is 74.5 Å². The van der Waals surface area contributed by atoms with Gasteiger partial charge in [-0.3, -0.25) is 5.10 Å². The molecule has 5 nitrogen and oxygen atoms in total. The Morgan fingerprint density at radius 3 is 2.72 bits per heavy atom. The number of H-pyrrole nitrogens is 1. The van der Waals surface area contributed by atoms with Crippen LogP contribution in [0.3, 0.4) is 0 Å². The standard InChI is InChI=1S/C17H14BrFN4OS/c1-11-21-22-17(25)23(11)20-9-13-4-7-16(15(18)8-13)24-10-12-2-5-14(19)6-3-12/h2-9H,10H2,1H3,(H,22,25)/b20-9-. The van der Waals surface area contributed by atoms with Crippen LogP contribution in [0.25, 0.3) is 0 Å². The van der Waals surface area contributed by atoms with E-state index in [9.17, 15) is 4.39 Å². The molecule has 0 unspecified atom stereocenters. The quantitative estimate of drug-likeness (QED) is 0.484. The Labute approximate surface area is 157 Å². The molecule has 1 heterocycles. The summed E-state index contributed by atoms with van der Waals surface area (Å²) < 4.78 is 21.4. The van der Waals surface area contributed by atoms with Crippen LogP contribution in [0.2, 0.25) is 0 Å². The smallest absolute Gasteiger partial charge is 0.216 e. The molecule has 8 heteroatoms. The molecule has 128 valence electrons. The summed E-state index contributed by atoms with van der Waals surface area (Å²) in [6.45, 7) is 2.17. The van der Waals surface area contributed by atoms with Crippen molar-refractivity contribution in [1.29, 1.82) is 0 Å². The van der Waals surface area contributed by atoms with Crippen LogP contribution < -0.4 is 4.74 Å². The summed E-state index contributed by atoms with van der Waals surface area (Å²) in [7, 11) is 0. The number of nitrogens with zero attached hydrogens (tertiary/aromatic N) is 3. The Morgan fingerprint density at radius 2 is 2.08 bits per heavy atom. The third kappa shape index (κ3) is 4.40. The minimum Gasteiger partial charge on any atom is -0.488 e. The fourth-order valence-corrected chi connectivity index (χ4v) is 2.82. The maximum absolute atomic E-state index is 12.9. The molecule has 0 saturated carbocycles. The van der Waals surface area contributed by atoms with E-state index >= 15 is 0 Å². The number of aromatic nitrogens is 3. The number of hydrogen-bond acceptors (Lipinski definition) is 4. The van der Waals surface area contributed by atoms with E-state index in [0.29, 0.717) is 23.0 Å². The lowest BCUT2D eigenvalue weighted by molar-refractivity contribution is 0.304. The second kappa shape index (κ2) is 7.71. The van der Waals surface area contributed by atoms with Crippen LogP contribution in [0.1, 0.15) is 17.0 Å². The van der Waals surface area contributed by atoms with Crippen LogP contribution in [0.5, 0.6) is 5.75 Å². The van der Waals surface area contributed by atoms with Gasteiger partial charge in [0.2, 0.25) is 4.77 Å². The molecular weight excluding hydrogens is 407 g/mol. The number of hydrogen-bond donors (Lipinski definition) is 1. The Balaban J connectivity index is 1.70. The van der Waals surface area contributed by atoms with Gasteiger partial charge in [0.1, 0.15) is 24.0 Å². The maximum Gasteiger partial charge on any atom is 0.216 e. The van der Waals surface area contributed by atoms with Gasteiger partial charge >= 0.3 is 0 Å². The average Bonchev–Trinajstić information content (AvgIpc) is 2.92. The minimum atomic E-state index is -0.262. The van der Waals surface area contributed by atoms with Crippen molar-refractivity contribution in [3.8, 4) is 5.75 Å². The van der Waals surface area contributed by atoms with E-state index in [0.717, 1.165) is 15.6 Å². The van der Waals surface area contributed by atoms with Crippen LogP contribution in [0.15, 0.2) is 52.0 Å². The van der Waals surface area contributed by atoms with Gasteiger partial charge in [0.25, 0.3) is 0 Å². The zero-order valence-electron chi connectivity index (χ0n) is 13.2. The van der Waals surface area contributed by atoms with E-state index in [1.807, 2.05) is 25.1 Å². The number of rotatable bonds is 5. The molecule has 0 amide bonds. The Bertz CT molecular complexity index is 966. The number of aryl methyl sites for hydroxylation is 1. The first kappa shape index (κ1) is 17.5. The Hall–Kier alpha value is -2.32. The highest BCUT2D eigenvalue weighted by Gasteiger charge is 2.04. The summed E-state index contributed by atoms with van der Waals surface area (Å²) in [6, 6.07) is 11.8. The molecule has 0 radical (unpaired) electrons. The highest BCUT2D eigenvalue weighted by molar-refractivity contribution is 9.10. The fourth-order valence-electron chi connectivity index (χ4n) is 2.09. The zero-order valence-corrected chi connectivity index (χ0v) is 15.6. The zero-order chi connectivity index (χ0) is 17.8. The van der Waals surface area contributed by atoms with E-state index in [4.69, 9.17) is 17.0 Å². The van der Waals surface area contributed by atoms with Crippen molar-refractivity contribution in [1.82, 2.24) is 14.9 Å². The molecular formula is C17H14BrFN4OS. The van der Waals surface area contributed by atoms with Crippen molar-refractivity contribution < 1.29 is 9.13 Å². The predicted octanol–water partition coefficient (Wildman–Crippen LogP) is 4.61. The molecule has 3 aromatic rings. The molecule has 2 aromatic carbocycles. The summed E-state index contributed by atoms with van der Waals surface area (Å²) in [5.41, 5.74) is 1.77. The molecule has 1 aromatic heterocycles. The molecule has 0 spiro atoms. The molecule has 0 aliphatic heterocycles. The highest BCUT2D eigenvalue weighted by atomic mass is 79.9. The first-order valence-electron chi connectivity index (χ1n) is 7.38. The number of aromatic amines is 1. The molecule has 0 fully saturated rings. The van der Waals surface area contributed by atoms with Crippen LogP contribution in [-0.4, -0.2) is 21.1 Å². The van der Waals surface area contributed by atoms with E-state index in [1.165, 1.54) is 12.1 Å². The third-order valence-electron chi connectivity index (χ3n) is 3.40. The molecule has 0 bridgehead atoms.